The average Bonchev–Trinajstić information content (AvgIpc) is 3.20. The van der Waals surface area contributed by atoms with Crippen molar-refractivity contribution in [3.05, 3.63) is 145 Å². The summed E-state index contributed by atoms with van der Waals surface area (Å²) in [6, 6.07) is -0.624. The van der Waals surface area contributed by atoms with Crippen LogP contribution in [0.1, 0.15) is 41.2 Å². The molecule has 0 aliphatic rings. The van der Waals surface area contributed by atoms with Crippen LogP contribution >= 0.6 is 0 Å². The molecule has 8 aromatic carbocycles. The van der Waals surface area contributed by atoms with Crippen LogP contribution in [-0.2, 0) is 6.37 Å². The number of benzene rings is 8. The molecule has 0 spiro atoms. The van der Waals surface area contributed by atoms with E-state index in [0.29, 0.717) is 0 Å². The van der Waals surface area contributed by atoms with E-state index >= 15 is 0 Å². The highest BCUT2D eigenvalue weighted by Gasteiger charge is 2.18. The van der Waals surface area contributed by atoms with Gasteiger partial charge < -0.3 is 0 Å². The van der Waals surface area contributed by atoms with E-state index in [-0.39, 0.29) is 82.2 Å². The smallest absolute Gasteiger partial charge is 0.0622 e. The van der Waals surface area contributed by atoms with Gasteiger partial charge in [0.05, 0.1) is 21.9 Å². The van der Waals surface area contributed by atoms with Gasteiger partial charge in [0, 0.05) is 6.85 Å². The molecule has 8 aromatic rings. The fourth-order valence-electron chi connectivity index (χ4n) is 5.57. The van der Waals surface area contributed by atoms with Crippen molar-refractivity contribution in [2.45, 2.75) is 13.2 Å². The zero-order valence-corrected chi connectivity index (χ0v) is 20.5. The Morgan fingerprint density at radius 3 is 1.82 bits per heavy atom. The maximum Gasteiger partial charge on any atom is 0.0629 e. The van der Waals surface area contributed by atoms with Crippen molar-refractivity contribution in [2.24, 2.45) is 0 Å². The molecule has 0 aliphatic carbocycles. The van der Waals surface area contributed by atoms with Gasteiger partial charge in [0.15, 0.2) is 0 Å². The van der Waals surface area contributed by atoms with Gasteiger partial charge in [-0.05, 0) is 94.1 Å². The standard InChI is InChI=1S/C40H28/c1-2-28-29-16-7-6-15-27(29)25-38-30-21-12-22-33(32(30)24-23-31(28)38)40-36-19-10-8-17-34(36)39(26-13-4-3-5-14-26)35-18-9-11-20-37(35)40/h3-25H,2H2,1H3/i1D3,2D2,3D,4D,5D,6D,7D,8D,9D,10D,11D,12D,15D,16D,17D,18D,19D,20D. The third kappa shape index (κ3) is 3.33. The highest BCUT2D eigenvalue weighted by molar-refractivity contribution is 6.25. The minimum absolute atomic E-state index is 0.000297. The normalized spacial score (nSPS) is 19.9. The van der Waals surface area contributed by atoms with Crippen LogP contribution in [0.5, 0.6) is 0 Å². The first-order chi connectivity index (χ1) is 28.3. The van der Waals surface area contributed by atoms with Crippen molar-refractivity contribution in [3.63, 3.8) is 0 Å². The first kappa shape index (κ1) is 10.2. The van der Waals surface area contributed by atoms with Crippen LogP contribution in [0.25, 0.3) is 76.1 Å². The highest BCUT2D eigenvalue weighted by atomic mass is 14.2. The molecule has 0 saturated carbocycles. The van der Waals surface area contributed by atoms with Gasteiger partial charge in [-0.3, -0.25) is 0 Å². The molecule has 0 amide bonds. The van der Waals surface area contributed by atoms with Gasteiger partial charge in [-0.25, -0.2) is 0 Å². The van der Waals surface area contributed by atoms with Gasteiger partial charge in [0.25, 0.3) is 0 Å². The Balaban J connectivity index is 1.69. The topological polar surface area (TPSA) is 0 Å². The number of fused-ring (bicyclic) bond motifs is 6. The highest BCUT2D eigenvalue weighted by Crippen LogP contribution is 2.46. The summed E-state index contributed by atoms with van der Waals surface area (Å²) in [5.41, 5.74) is -0.930. The Bertz CT molecular complexity index is 3230. The van der Waals surface area contributed by atoms with Gasteiger partial charge in [0.2, 0.25) is 0 Å². The van der Waals surface area contributed by atoms with Crippen LogP contribution in [0.3, 0.4) is 0 Å². The molecule has 0 fully saturated rings. The largest absolute Gasteiger partial charge is 0.0629 e. The summed E-state index contributed by atoms with van der Waals surface area (Å²) in [5.74, 6) is 0. The molecule has 0 N–H and O–H groups in total. The zero-order chi connectivity index (χ0) is 44.8. The lowest BCUT2D eigenvalue weighted by atomic mass is 9.84. The van der Waals surface area contributed by atoms with Crippen LogP contribution in [0.15, 0.2) is 139 Å². The Kier molecular flexibility index (Phi) is 2.32. The first-order valence-corrected chi connectivity index (χ1v) is 12.3. The second kappa shape index (κ2) is 9.07. The average molecular weight is 530 g/mol. The Morgan fingerprint density at radius 2 is 1.12 bits per heavy atom. The third-order valence-electron chi connectivity index (χ3n) is 7.21. The fraction of sp³-hybridized carbons (Fsp3) is 0.0500. The molecular formula is C40H28. The SMILES string of the molecule is [2H]c1cc(-c2c3c([2H])c([2H])c([2H])c([2H])c3c(-c3cc([2H])c([2H])c([2H])c3)c3c([2H])c([2H])c([2H])c([2H])c23)c2ccc3c(C([2H])([2H])C([2H])([2H])[2H])c4c([2H])c([2H])c([2H])c([2H])c4cc3c2c1. The van der Waals surface area contributed by atoms with E-state index in [9.17, 15) is 5.48 Å². The molecule has 0 heterocycles. The molecule has 0 saturated heterocycles. The van der Waals surface area contributed by atoms with E-state index in [1.54, 1.807) is 0 Å². The molecule has 0 heteroatoms. The van der Waals surface area contributed by atoms with Crippen molar-refractivity contribution < 1.29 is 28.8 Å². The minimum Gasteiger partial charge on any atom is -0.0622 e. The summed E-state index contributed by atoms with van der Waals surface area (Å²) in [5, 5.41) is -1.38. The molecule has 188 valence electrons. The zero-order valence-electron chi connectivity index (χ0n) is 41.5. The molecule has 0 aliphatic heterocycles. The third-order valence-corrected chi connectivity index (χ3v) is 7.21. The molecule has 0 unspecified atom stereocenters. The molecule has 0 radical (unpaired) electrons. The van der Waals surface area contributed by atoms with Crippen molar-refractivity contribution in [1.82, 2.24) is 0 Å². The van der Waals surface area contributed by atoms with Crippen LogP contribution in [-0.4, -0.2) is 0 Å². The lowest BCUT2D eigenvalue weighted by Gasteiger charge is -2.19. The molecule has 0 nitrogen and oxygen atoms in total. The maximum absolute atomic E-state index is 9.31. The second-order valence-corrected chi connectivity index (χ2v) is 9.20. The first-order valence-electron chi connectivity index (χ1n) is 22.8. The number of rotatable bonds is 3. The van der Waals surface area contributed by atoms with E-state index in [0.717, 1.165) is 12.1 Å². The van der Waals surface area contributed by atoms with Gasteiger partial charge in [-0.15, -0.1) is 0 Å². The molecule has 8 rings (SSSR count). The molecular weight excluding hydrogens is 480 g/mol. The predicted molar refractivity (Wildman–Crippen MR) is 174 cm³/mol. The number of aryl methyl sites for hydroxylation is 1. The van der Waals surface area contributed by atoms with Gasteiger partial charge in [-0.2, -0.15) is 0 Å². The van der Waals surface area contributed by atoms with Gasteiger partial charge in [0.1, 0.15) is 0 Å². The lowest BCUT2D eigenvalue weighted by Crippen LogP contribution is -1.92. The van der Waals surface area contributed by atoms with Crippen LogP contribution < -0.4 is 0 Å². The summed E-state index contributed by atoms with van der Waals surface area (Å²) in [6.45, 7) is -3.35. The maximum atomic E-state index is 9.31. The van der Waals surface area contributed by atoms with Crippen LogP contribution in [0.4, 0.5) is 0 Å². The van der Waals surface area contributed by atoms with E-state index in [4.69, 9.17) is 23.3 Å². The summed E-state index contributed by atoms with van der Waals surface area (Å²) in [4.78, 5) is 0. The predicted octanol–water partition coefficient (Wildman–Crippen LogP) is 11.3. The fourth-order valence-corrected chi connectivity index (χ4v) is 5.57. The van der Waals surface area contributed by atoms with E-state index < -0.39 is 109 Å². The lowest BCUT2D eigenvalue weighted by molar-refractivity contribution is 1.18. The van der Waals surface area contributed by atoms with Crippen molar-refractivity contribution in [2.75, 3.05) is 0 Å². The van der Waals surface area contributed by atoms with Crippen molar-refractivity contribution in [1.29, 1.82) is 0 Å². The Hall–Kier alpha value is -4.94. The molecule has 40 heavy (non-hydrogen) atoms. The quantitative estimate of drug-likeness (QED) is 0.158. The van der Waals surface area contributed by atoms with E-state index in [1.807, 2.05) is 0 Å². The monoisotopic (exact) mass is 529 g/mol. The van der Waals surface area contributed by atoms with Crippen LogP contribution in [0, 0.1) is 0 Å². The summed E-state index contributed by atoms with van der Waals surface area (Å²) in [7, 11) is 0. The summed E-state index contributed by atoms with van der Waals surface area (Å²) in [6.07, 6.45) is -3.21. The summed E-state index contributed by atoms with van der Waals surface area (Å²) >= 11 is 0. The van der Waals surface area contributed by atoms with E-state index in [2.05, 4.69) is 0 Å². The van der Waals surface area contributed by atoms with E-state index in [1.165, 1.54) is 30.3 Å². The molecule has 0 aromatic heterocycles. The van der Waals surface area contributed by atoms with Crippen LogP contribution in [0.2, 0.25) is 0 Å². The number of hydrogen-bond acceptors (Lipinski definition) is 0. The van der Waals surface area contributed by atoms with Crippen molar-refractivity contribution >= 4 is 53.9 Å². The minimum atomic E-state index is -3.35. The second-order valence-electron chi connectivity index (χ2n) is 9.20. The Morgan fingerprint density at radius 1 is 0.500 bits per heavy atom. The molecule has 0 atom stereocenters. The van der Waals surface area contributed by atoms with Crippen molar-refractivity contribution in [3.8, 4) is 22.3 Å². The number of hydrogen-bond donors (Lipinski definition) is 0. The summed E-state index contributed by atoms with van der Waals surface area (Å²) < 4.78 is 183. The molecule has 0 bridgehead atoms. The van der Waals surface area contributed by atoms with Gasteiger partial charge in [-0.1, -0.05) is 140 Å². The van der Waals surface area contributed by atoms with Gasteiger partial charge >= 0.3 is 0 Å². The Labute approximate surface area is 263 Å².